The van der Waals surface area contributed by atoms with Gasteiger partial charge in [0.15, 0.2) is 0 Å². The van der Waals surface area contributed by atoms with Gasteiger partial charge in [0.25, 0.3) is 0 Å². The minimum absolute atomic E-state index is 0.0784. The third-order valence-electron chi connectivity index (χ3n) is 4.11. The Hall–Kier alpha value is -0.830. The van der Waals surface area contributed by atoms with E-state index in [1.807, 2.05) is 0 Å². The van der Waals surface area contributed by atoms with Gasteiger partial charge in [-0.15, -0.1) is 0 Å². The molecule has 3 atom stereocenters. The van der Waals surface area contributed by atoms with E-state index in [1.165, 1.54) is 19.1 Å². The summed E-state index contributed by atoms with van der Waals surface area (Å²) in [5.74, 6) is 0.319. The Morgan fingerprint density at radius 2 is 2.53 bits per heavy atom. The van der Waals surface area contributed by atoms with Gasteiger partial charge >= 0.3 is 5.97 Å². The summed E-state index contributed by atoms with van der Waals surface area (Å²) in [5.41, 5.74) is 0.910. The predicted octanol–water partition coefficient (Wildman–Crippen LogP) is 1.67. The number of ether oxygens (including phenoxy) is 2. The first-order chi connectivity index (χ1) is 7.31. The Morgan fingerprint density at radius 3 is 3.07 bits per heavy atom. The lowest BCUT2D eigenvalue weighted by Gasteiger charge is -2.19. The summed E-state index contributed by atoms with van der Waals surface area (Å²) in [4.78, 5) is 12.0. The molecule has 1 aliphatic heterocycles. The first kappa shape index (κ1) is 9.40. The van der Waals surface area contributed by atoms with Crippen molar-refractivity contribution in [1.82, 2.24) is 0 Å². The number of fused-ring (bicyclic) bond motifs is 1. The highest BCUT2D eigenvalue weighted by molar-refractivity contribution is 5.86. The molecule has 0 aromatic rings. The van der Waals surface area contributed by atoms with E-state index in [4.69, 9.17) is 9.47 Å². The fraction of sp³-hybridized carbons (Fsp3) is 0.750. The first-order valence-electron chi connectivity index (χ1n) is 5.71. The van der Waals surface area contributed by atoms with Crippen LogP contribution in [0, 0.1) is 11.3 Å². The molecule has 0 amide bonds. The SMILES string of the molecule is COC(=O)[C@@]1(C2=CCCC2)[C@@H]2OCC[C@@H]21. The Morgan fingerprint density at radius 1 is 1.67 bits per heavy atom. The van der Waals surface area contributed by atoms with Gasteiger partial charge in [0.2, 0.25) is 0 Å². The van der Waals surface area contributed by atoms with Gasteiger partial charge in [0.1, 0.15) is 5.41 Å². The molecule has 3 heteroatoms. The van der Waals surface area contributed by atoms with Crippen LogP contribution in [0.5, 0.6) is 0 Å². The van der Waals surface area contributed by atoms with Crippen molar-refractivity contribution in [2.24, 2.45) is 11.3 Å². The lowest BCUT2D eigenvalue weighted by molar-refractivity contribution is -0.148. The van der Waals surface area contributed by atoms with E-state index in [9.17, 15) is 4.79 Å². The molecular weight excluding hydrogens is 192 g/mol. The zero-order valence-corrected chi connectivity index (χ0v) is 8.99. The third kappa shape index (κ3) is 1.02. The fourth-order valence-corrected chi connectivity index (χ4v) is 3.41. The lowest BCUT2D eigenvalue weighted by Crippen LogP contribution is -2.27. The largest absolute Gasteiger partial charge is 0.468 e. The number of hydrogen-bond donors (Lipinski definition) is 0. The lowest BCUT2D eigenvalue weighted by atomic mass is 9.90. The molecule has 3 nitrogen and oxygen atoms in total. The highest BCUT2D eigenvalue weighted by atomic mass is 16.5. The molecule has 0 N–H and O–H groups in total. The van der Waals surface area contributed by atoms with E-state index in [0.29, 0.717) is 5.92 Å². The normalized spacial score (nSPS) is 42.3. The topological polar surface area (TPSA) is 35.5 Å². The number of esters is 1. The van der Waals surface area contributed by atoms with E-state index in [1.54, 1.807) is 0 Å². The average Bonchev–Trinajstić information content (AvgIpc) is 2.78. The van der Waals surface area contributed by atoms with Gasteiger partial charge in [-0.05, 0) is 25.7 Å². The van der Waals surface area contributed by atoms with E-state index in [0.717, 1.165) is 25.9 Å². The van der Waals surface area contributed by atoms with Crippen molar-refractivity contribution in [3.8, 4) is 0 Å². The van der Waals surface area contributed by atoms with Crippen LogP contribution in [0.3, 0.4) is 0 Å². The Kier molecular flexibility index (Phi) is 1.93. The molecule has 3 rings (SSSR count). The highest BCUT2D eigenvalue weighted by Gasteiger charge is 2.74. The number of hydrogen-bond acceptors (Lipinski definition) is 3. The van der Waals surface area contributed by atoms with Crippen molar-refractivity contribution < 1.29 is 14.3 Å². The quantitative estimate of drug-likeness (QED) is 0.511. The summed E-state index contributed by atoms with van der Waals surface area (Å²) < 4.78 is 10.6. The predicted molar refractivity (Wildman–Crippen MR) is 54.2 cm³/mol. The second-order valence-electron chi connectivity index (χ2n) is 4.67. The van der Waals surface area contributed by atoms with Crippen LogP contribution in [0.15, 0.2) is 11.6 Å². The van der Waals surface area contributed by atoms with E-state index in [2.05, 4.69) is 6.08 Å². The number of rotatable bonds is 2. The maximum atomic E-state index is 12.0. The number of carbonyl (C=O) groups is 1. The Balaban J connectivity index is 1.93. The van der Waals surface area contributed by atoms with Crippen molar-refractivity contribution in [1.29, 1.82) is 0 Å². The van der Waals surface area contributed by atoms with Crippen molar-refractivity contribution in [2.75, 3.05) is 13.7 Å². The van der Waals surface area contributed by atoms with Crippen LogP contribution in [-0.4, -0.2) is 25.8 Å². The van der Waals surface area contributed by atoms with Crippen LogP contribution in [0.2, 0.25) is 0 Å². The minimum Gasteiger partial charge on any atom is -0.468 e. The van der Waals surface area contributed by atoms with Gasteiger partial charge in [-0.1, -0.05) is 11.6 Å². The minimum atomic E-state index is -0.372. The molecular formula is C12H16O3. The molecule has 0 bridgehead atoms. The summed E-state index contributed by atoms with van der Waals surface area (Å²) in [6.45, 7) is 0.807. The summed E-state index contributed by atoms with van der Waals surface area (Å²) >= 11 is 0. The van der Waals surface area contributed by atoms with Crippen LogP contribution >= 0.6 is 0 Å². The van der Waals surface area contributed by atoms with Crippen LogP contribution in [0.4, 0.5) is 0 Å². The number of allylic oxidation sites excluding steroid dienone is 1. The van der Waals surface area contributed by atoms with Crippen molar-refractivity contribution in [3.05, 3.63) is 11.6 Å². The fourth-order valence-electron chi connectivity index (χ4n) is 3.41. The second-order valence-corrected chi connectivity index (χ2v) is 4.67. The maximum Gasteiger partial charge on any atom is 0.319 e. The molecule has 0 radical (unpaired) electrons. The van der Waals surface area contributed by atoms with Gasteiger partial charge in [-0.2, -0.15) is 0 Å². The molecule has 0 unspecified atom stereocenters. The average molecular weight is 208 g/mol. The molecule has 1 saturated carbocycles. The zero-order chi connectivity index (χ0) is 10.5. The maximum absolute atomic E-state index is 12.0. The molecule has 1 saturated heterocycles. The molecule has 3 aliphatic rings. The van der Waals surface area contributed by atoms with Crippen molar-refractivity contribution in [3.63, 3.8) is 0 Å². The van der Waals surface area contributed by atoms with Gasteiger partial charge in [0.05, 0.1) is 13.2 Å². The molecule has 0 aromatic carbocycles. The second kappa shape index (κ2) is 3.08. The summed E-state index contributed by atoms with van der Waals surface area (Å²) in [5, 5.41) is 0. The van der Waals surface area contributed by atoms with Crippen LogP contribution in [0.25, 0.3) is 0 Å². The summed E-state index contributed by atoms with van der Waals surface area (Å²) in [6, 6.07) is 0. The van der Waals surface area contributed by atoms with Gasteiger partial charge < -0.3 is 9.47 Å². The summed E-state index contributed by atoms with van der Waals surface area (Å²) in [6.07, 6.45) is 6.68. The molecule has 1 heterocycles. The third-order valence-corrected chi connectivity index (χ3v) is 4.11. The molecule has 82 valence electrons. The van der Waals surface area contributed by atoms with Gasteiger partial charge in [-0.25, -0.2) is 0 Å². The van der Waals surface area contributed by atoms with Crippen LogP contribution in [0.1, 0.15) is 25.7 Å². The van der Waals surface area contributed by atoms with Gasteiger partial charge in [0, 0.05) is 12.5 Å². The number of methoxy groups -OCH3 is 1. The molecule has 15 heavy (non-hydrogen) atoms. The van der Waals surface area contributed by atoms with Crippen LogP contribution in [-0.2, 0) is 14.3 Å². The standard InChI is InChI=1S/C12H16O3/c1-14-11(13)12(8-4-2-3-5-8)9-6-7-15-10(9)12/h4,9-10H,2-3,5-7H2,1H3/t9-,10+,12+/m0/s1. The zero-order valence-electron chi connectivity index (χ0n) is 8.99. The molecule has 2 aliphatic carbocycles. The van der Waals surface area contributed by atoms with Crippen molar-refractivity contribution in [2.45, 2.75) is 31.8 Å². The highest BCUT2D eigenvalue weighted by Crippen LogP contribution is 2.66. The number of carbonyl (C=O) groups excluding carboxylic acids is 1. The molecule has 0 aromatic heterocycles. The summed E-state index contributed by atoms with van der Waals surface area (Å²) in [7, 11) is 1.48. The molecule has 0 spiro atoms. The molecule has 2 fully saturated rings. The van der Waals surface area contributed by atoms with Crippen LogP contribution < -0.4 is 0 Å². The van der Waals surface area contributed by atoms with E-state index < -0.39 is 0 Å². The van der Waals surface area contributed by atoms with Gasteiger partial charge in [-0.3, -0.25) is 4.79 Å². The monoisotopic (exact) mass is 208 g/mol. The van der Waals surface area contributed by atoms with E-state index >= 15 is 0 Å². The van der Waals surface area contributed by atoms with E-state index in [-0.39, 0.29) is 17.5 Å². The van der Waals surface area contributed by atoms with Crippen molar-refractivity contribution >= 4 is 5.97 Å². The Bertz CT molecular complexity index is 322. The smallest absolute Gasteiger partial charge is 0.319 e. The Labute approximate surface area is 89.4 Å². The first-order valence-corrected chi connectivity index (χ1v) is 5.71.